The molecule has 1 fully saturated rings. The highest BCUT2D eigenvalue weighted by Crippen LogP contribution is 2.31. The predicted octanol–water partition coefficient (Wildman–Crippen LogP) is 5.34. The normalized spacial score (nSPS) is 15.3. The fraction of sp³-hybridized carbons (Fsp3) is 0.429. The Morgan fingerprint density at radius 2 is 1.85 bits per heavy atom. The molecule has 0 aliphatic carbocycles. The van der Waals surface area contributed by atoms with Crippen LogP contribution in [0.1, 0.15) is 67.5 Å². The van der Waals surface area contributed by atoms with E-state index >= 15 is 0 Å². The molecule has 6 nitrogen and oxygen atoms in total. The van der Waals surface area contributed by atoms with Crippen LogP contribution in [0.2, 0.25) is 0 Å². The lowest BCUT2D eigenvalue weighted by Gasteiger charge is -2.32. The molecule has 1 aliphatic heterocycles. The second-order valence-electron chi connectivity index (χ2n) is 10.6. The molecule has 4 heterocycles. The summed E-state index contributed by atoms with van der Waals surface area (Å²) in [6, 6.07) is 11.1. The fourth-order valence-corrected chi connectivity index (χ4v) is 4.93. The van der Waals surface area contributed by atoms with Crippen molar-refractivity contribution in [2.75, 3.05) is 18.0 Å². The number of fused-ring (bicyclic) bond motifs is 1. The first-order valence-electron chi connectivity index (χ1n) is 12.2. The van der Waals surface area contributed by atoms with Crippen LogP contribution in [-0.2, 0) is 18.9 Å². The van der Waals surface area contributed by atoms with Gasteiger partial charge in [-0.25, -0.2) is 9.97 Å². The summed E-state index contributed by atoms with van der Waals surface area (Å²) < 4.78 is 2.05. The standard InChI is InChI=1S/C28H34N6/c1-19-8-9-23(28(2,3)4)15-22(19)16-24-25-26(30-18-33(25)5)32-27(31-24)34-13-10-20(11-14-34)21-7-6-12-29-17-21/h6-9,12,15,17-18,20H,10-11,13-14,16H2,1-5H3. The van der Waals surface area contributed by atoms with Crippen LogP contribution in [-0.4, -0.2) is 37.6 Å². The Hall–Kier alpha value is -3.28. The Morgan fingerprint density at radius 3 is 2.56 bits per heavy atom. The predicted molar refractivity (Wildman–Crippen MR) is 137 cm³/mol. The van der Waals surface area contributed by atoms with Crippen LogP contribution in [0.3, 0.4) is 0 Å². The summed E-state index contributed by atoms with van der Waals surface area (Å²) in [5, 5.41) is 0. The minimum atomic E-state index is 0.111. The van der Waals surface area contributed by atoms with Gasteiger partial charge in [-0.15, -0.1) is 0 Å². The lowest BCUT2D eigenvalue weighted by Crippen LogP contribution is -2.34. The van der Waals surface area contributed by atoms with Crippen molar-refractivity contribution in [1.82, 2.24) is 24.5 Å². The van der Waals surface area contributed by atoms with Crippen molar-refractivity contribution in [2.45, 2.75) is 58.3 Å². The molecule has 1 aromatic carbocycles. The number of hydrogen-bond acceptors (Lipinski definition) is 5. The Morgan fingerprint density at radius 1 is 1.06 bits per heavy atom. The highest BCUT2D eigenvalue weighted by molar-refractivity contribution is 5.75. The van der Waals surface area contributed by atoms with Gasteiger partial charge >= 0.3 is 0 Å². The minimum absolute atomic E-state index is 0.111. The summed E-state index contributed by atoms with van der Waals surface area (Å²) >= 11 is 0. The van der Waals surface area contributed by atoms with Crippen molar-refractivity contribution < 1.29 is 0 Å². The number of imidazole rings is 1. The van der Waals surface area contributed by atoms with Gasteiger partial charge in [-0.2, -0.15) is 4.98 Å². The van der Waals surface area contributed by atoms with Crippen LogP contribution >= 0.6 is 0 Å². The Kier molecular flexibility index (Phi) is 5.84. The SMILES string of the molecule is Cc1ccc(C(C)(C)C)cc1Cc1nc(N2CCC(c3cccnc3)CC2)nc2ncn(C)c12. The number of nitrogens with zero attached hydrogens (tertiary/aromatic N) is 6. The molecular weight excluding hydrogens is 420 g/mol. The Balaban J connectivity index is 1.45. The van der Waals surface area contributed by atoms with E-state index in [1.54, 1.807) is 0 Å². The summed E-state index contributed by atoms with van der Waals surface area (Å²) in [6.45, 7) is 10.9. The highest BCUT2D eigenvalue weighted by atomic mass is 15.3. The third kappa shape index (κ3) is 4.41. The van der Waals surface area contributed by atoms with E-state index in [9.17, 15) is 0 Å². The van der Waals surface area contributed by atoms with Crippen LogP contribution < -0.4 is 4.90 Å². The van der Waals surface area contributed by atoms with Crippen molar-refractivity contribution in [2.24, 2.45) is 7.05 Å². The van der Waals surface area contributed by atoms with Gasteiger partial charge < -0.3 is 9.47 Å². The zero-order valence-electron chi connectivity index (χ0n) is 20.9. The molecule has 0 spiro atoms. The summed E-state index contributed by atoms with van der Waals surface area (Å²) in [7, 11) is 2.03. The Labute approximate surface area is 202 Å². The van der Waals surface area contributed by atoms with Gasteiger partial charge in [-0.1, -0.05) is 45.0 Å². The molecule has 5 rings (SSSR count). The third-order valence-electron chi connectivity index (χ3n) is 7.14. The van der Waals surface area contributed by atoms with E-state index in [2.05, 4.69) is 66.8 Å². The van der Waals surface area contributed by atoms with Crippen LogP contribution in [0.15, 0.2) is 49.1 Å². The monoisotopic (exact) mass is 454 g/mol. The molecule has 0 amide bonds. The quantitative estimate of drug-likeness (QED) is 0.417. The van der Waals surface area contributed by atoms with Crippen LogP contribution in [0, 0.1) is 6.92 Å². The third-order valence-corrected chi connectivity index (χ3v) is 7.14. The maximum absolute atomic E-state index is 5.13. The number of aryl methyl sites for hydroxylation is 2. The molecule has 6 heteroatoms. The fourth-order valence-electron chi connectivity index (χ4n) is 4.93. The van der Waals surface area contributed by atoms with Crippen LogP contribution in [0.4, 0.5) is 5.95 Å². The van der Waals surface area contributed by atoms with E-state index in [1.807, 2.05) is 36.4 Å². The van der Waals surface area contributed by atoms with Gasteiger partial charge in [0.15, 0.2) is 5.65 Å². The number of benzene rings is 1. The highest BCUT2D eigenvalue weighted by Gasteiger charge is 2.24. The molecule has 176 valence electrons. The van der Waals surface area contributed by atoms with E-state index in [0.717, 1.165) is 55.2 Å². The Bertz CT molecular complexity index is 1290. The number of pyridine rings is 1. The molecule has 3 aromatic heterocycles. The van der Waals surface area contributed by atoms with Gasteiger partial charge in [0.2, 0.25) is 5.95 Å². The first-order chi connectivity index (χ1) is 16.3. The molecule has 34 heavy (non-hydrogen) atoms. The van der Waals surface area contributed by atoms with Gasteiger partial charge in [0.25, 0.3) is 0 Å². The second-order valence-corrected chi connectivity index (χ2v) is 10.6. The molecule has 1 saturated heterocycles. The van der Waals surface area contributed by atoms with Crippen LogP contribution in [0.25, 0.3) is 11.2 Å². The number of anilines is 1. The smallest absolute Gasteiger partial charge is 0.227 e. The van der Waals surface area contributed by atoms with E-state index in [0.29, 0.717) is 5.92 Å². The zero-order valence-corrected chi connectivity index (χ0v) is 20.9. The first kappa shape index (κ1) is 22.5. The number of aromatic nitrogens is 5. The average Bonchev–Trinajstić information content (AvgIpc) is 3.21. The second kappa shape index (κ2) is 8.82. The summed E-state index contributed by atoms with van der Waals surface area (Å²) in [4.78, 5) is 21.2. The van der Waals surface area contributed by atoms with Gasteiger partial charge in [-0.3, -0.25) is 4.98 Å². The van der Waals surface area contributed by atoms with E-state index in [4.69, 9.17) is 9.97 Å². The molecule has 0 N–H and O–H groups in total. The maximum Gasteiger partial charge on any atom is 0.227 e. The van der Waals surface area contributed by atoms with Crippen molar-refractivity contribution in [3.8, 4) is 0 Å². The van der Waals surface area contributed by atoms with Gasteiger partial charge in [0.1, 0.15) is 5.52 Å². The molecule has 0 atom stereocenters. The average molecular weight is 455 g/mol. The molecule has 0 radical (unpaired) electrons. The lowest BCUT2D eigenvalue weighted by molar-refractivity contribution is 0.498. The molecule has 0 saturated carbocycles. The topological polar surface area (TPSA) is 59.7 Å². The van der Waals surface area contributed by atoms with E-state index in [-0.39, 0.29) is 5.41 Å². The van der Waals surface area contributed by atoms with Crippen molar-refractivity contribution in [3.05, 3.63) is 77.0 Å². The first-order valence-corrected chi connectivity index (χ1v) is 12.2. The van der Waals surface area contributed by atoms with Gasteiger partial charge in [-0.05, 0) is 59.4 Å². The molecule has 4 aromatic rings. The largest absolute Gasteiger partial charge is 0.341 e. The van der Waals surface area contributed by atoms with E-state index < -0.39 is 0 Å². The van der Waals surface area contributed by atoms with Crippen molar-refractivity contribution >= 4 is 17.1 Å². The minimum Gasteiger partial charge on any atom is -0.341 e. The maximum atomic E-state index is 5.13. The molecule has 1 aliphatic rings. The number of piperidine rings is 1. The summed E-state index contributed by atoms with van der Waals surface area (Å²) in [6.07, 6.45) is 8.62. The van der Waals surface area contributed by atoms with Crippen LogP contribution in [0.5, 0.6) is 0 Å². The number of rotatable bonds is 4. The van der Waals surface area contributed by atoms with Crippen molar-refractivity contribution in [1.29, 1.82) is 0 Å². The van der Waals surface area contributed by atoms with Gasteiger partial charge in [0, 0.05) is 39.0 Å². The van der Waals surface area contributed by atoms with Gasteiger partial charge in [0.05, 0.1) is 12.0 Å². The summed E-state index contributed by atoms with van der Waals surface area (Å²) in [5.41, 5.74) is 8.24. The number of hydrogen-bond donors (Lipinski definition) is 0. The summed E-state index contributed by atoms with van der Waals surface area (Å²) in [5.74, 6) is 1.35. The zero-order chi connectivity index (χ0) is 23.9. The van der Waals surface area contributed by atoms with Crippen molar-refractivity contribution in [3.63, 3.8) is 0 Å². The molecule has 0 unspecified atom stereocenters. The molecule has 0 bridgehead atoms. The van der Waals surface area contributed by atoms with E-state index in [1.165, 1.54) is 22.3 Å². The lowest BCUT2D eigenvalue weighted by atomic mass is 9.84. The molecular formula is C28H34N6.